The zero-order valence-corrected chi connectivity index (χ0v) is 8.15. The molecule has 0 saturated heterocycles. The van der Waals surface area contributed by atoms with Crippen molar-refractivity contribution in [2.75, 3.05) is 4.93 Å². The van der Waals surface area contributed by atoms with Crippen molar-refractivity contribution in [3.63, 3.8) is 0 Å². The van der Waals surface area contributed by atoms with Crippen molar-refractivity contribution in [2.24, 2.45) is 0 Å². The van der Waals surface area contributed by atoms with Crippen molar-refractivity contribution < 1.29 is 21.2 Å². The molecule has 1 saturated carbocycles. The number of hydrogen-bond donors (Lipinski definition) is 0. The van der Waals surface area contributed by atoms with Crippen molar-refractivity contribution >= 4 is 7.85 Å². The minimum atomic E-state index is 0.280. The number of halogens is 1. The summed E-state index contributed by atoms with van der Waals surface area (Å²) in [6, 6.07) is 0. The van der Waals surface area contributed by atoms with Crippen LogP contribution in [0.15, 0.2) is 0 Å². The van der Waals surface area contributed by atoms with Crippen LogP contribution in [-0.4, -0.2) is 16.1 Å². The Bertz CT molecular complexity index is 86.9. The third kappa shape index (κ3) is 2.13. The standard InChI is InChI=1S/C7H13BI/c1-9-7(8)5-3-2-4-6-7/h2-6H2,1H3/q-1. The van der Waals surface area contributed by atoms with E-state index in [1.807, 2.05) is 0 Å². The van der Waals surface area contributed by atoms with Gasteiger partial charge in [0.05, 0.1) is 0 Å². The van der Waals surface area contributed by atoms with E-state index in [0.29, 0.717) is 3.32 Å². The molecule has 0 aromatic carbocycles. The van der Waals surface area contributed by atoms with E-state index in [2.05, 4.69) is 4.93 Å². The predicted molar refractivity (Wildman–Crippen MR) is 37.5 cm³/mol. The first kappa shape index (κ1) is 7.90. The normalized spacial score (nSPS) is 26.3. The van der Waals surface area contributed by atoms with Gasteiger partial charge in [-0.3, -0.25) is 0 Å². The van der Waals surface area contributed by atoms with Crippen LogP contribution in [0.25, 0.3) is 0 Å². The Balaban J connectivity index is 2.37. The van der Waals surface area contributed by atoms with Crippen LogP contribution in [0.1, 0.15) is 32.1 Å². The summed E-state index contributed by atoms with van der Waals surface area (Å²) >= 11 is 0.280. The van der Waals surface area contributed by atoms with Crippen molar-refractivity contribution in [1.82, 2.24) is 0 Å². The Morgan fingerprint density at radius 3 is 2.11 bits per heavy atom. The van der Waals surface area contributed by atoms with E-state index in [0.717, 1.165) is 0 Å². The molecule has 1 fully saturated rings. The molecular formula is C7H13BI-. The van der Waals surface area contributed by atoms with Gasteiger partial charge in [-0.05, 0) is 0 Å². The van der Waals surface area contributed by atoms with Gasteiger partial charge in [-0.2, -0.15) is 0 Å². The van der Waals surface area contributed by atoms with Gasteiger partial charge in [0.15, 0.2) is 0 Å². The zero-order valence-electron chi connectivity index (χ0n) is 5.99. The van der Waals surface area contributed by atoms with Crippen molar-refractivity contribution in [3.8, 4) is 0 Å². The number of hydrogen-bond acceptors (Lipinski definition) is 0. The average molecular weight is 235 g/mol. The first-order valence-corrected chi connectivity index (χ1v) is 6.80. The van der Waals surface area contributed by atoms with E-state index in [1.165, 1.54) is 32.1 Å². The molecule has 0 unspecified atom stereocenters. The second kappa shape index (κ2) is 3.26. The Kier molecular flexibility index (Phi) is 2.86. The van der Waals surface area contributed by atoms with E-state index in [-0.39, 0.29) is 21.2 Å². The van der Waals surface area contributed by atoms with Crippen LogP contribution in [-0.2, 0) is 0 Å². The molecule has 0 nitrogen and oxygen atoms in total. The van der Waals surface area contributed by atoms with Crippen LogP contribution >= 0.6 is 0 Å². The fourth-order valence-corrected chi connectivity index (χ4v) is 3.17. The summed E-state index contributed by atoms with van der Waals surface area (Å²) in [5.41, 5.74) is 0. The van der Waals surface area contributed by atoms with E-state index in [9.17, 15) is 0 Å². The summed E-state index contributed by atoms with van der Waals surface area (Å²) in [5.74, 6) is 0. The Morgan fingerprint density at radius 2 is 1.78 bits per heavy atom. The average Bonchev–Trinajstić information content (AvgIpc) is 1.90. The number of rotatable bonds is 1. The molecule has 9 heavy (non-hydrogen) atoms. The third-order valence-electron chi connectivity index (χ3n) is 2.06. The molecule has 0 aromatic heterocycles. The molecule has 0 aliphatic heterocycles. The molecule has 0 aromatic rings. The molecular weight excluding hydrogens is 222 g/mol. The van der Waals surface area contributed by atoms with E-state index < -0.39 is 0 Å². The molecule has 0 bridgehead atoms. The molecule has 0 atom stereocenters. The summed E-state index contributed by atoms with van der Waals surface area (Å²) < 4.78 is 0.330. The topological polar surface area (TPSA) is 0 Å². The van der Waals surface area contributed by atoms with Crippen molar-refractivity contribution in [2.45, 2.75) is 35.4 Å². The van der Waals surface area contributed by atoms with Crippen LogP contribution in [0.3, 0.4) is 0 Å². The van der Waals surface area contributed by atoms with Crippen LogP contribution in [0, 0.1) is 0 Å². The molecule has 2 heteroatoms. The van der Waals surface area contributed by atoms with Crippen LogP contribution < -0.4 is 21.2 Å². The fraction of sp³-hybridized carbons (Fsp3) is 1.00. The molecule has 1 aliphatic carbocycles. The maximum atomic E-state index is 6.11. The third-order valence-corrected chi connectivity index (χ3v) is 5.29. The predicted octanol–water partition coefficient (Wildman–Crippen LogP) is -1.47. The van der Waals surface area contributed by atoms with E-state index >= 15 is 0 Å². The Labute approximate surface area is 69.5 Å². The summed E-state index contributed by atoms with van der Waals surface area (Å²) in [6.45, 7) is 0. The molecule has 52 valence electrons. The number of alkyl halides is 2. The van der Waals surface area contributed by atoms with Gasteiger partial charge in [0.25, 0.3) is 0 Å². The molecule has 0 N–H and O–H groups in total. The molecule has 0 spiro atoms. The fourth-order valence-electron chi connectivity index (χ4n) is 1.33. The van der Waals surface area contributed by atoms with E-state index in [4.69, 9.17) is 7.85 Å². The van der Waals surface area contributed by atoms with Crippen molar-refractivity contribution in [3.05, 3.63) is 0 Å². The molecule has 0 heterocycles. The van der Waals surface area contributed by atoms with Crippen LogP contribution in [0.2, 0.25) is 0 Å². The van der Waals surface area contributed by atoms with Gasteiger partial charge in [-0.25, -0.2) is 0 Å². The minimum absolute atomic E-state index is 0.280. The first-order chi connectivity index (χ1) is 4.27. The zero-order chi connectivity index (χ0) is 6.74. The van der Waals surface area contributed by atoms with Crippen molar-refractivity contribution in [1.29, 1.82) is 0 Å². The van der Waals surface area contributed by atoms with E-state index in [1.54, 1.807) is 0 Å². The summed E-state index contributed by atoms with van der Waals surface area (Å²) in [5, 5.41) is 0. The Morgan fingerprint density at radius 1 is 1.22 bits per heavy atom. The van der Waals surface area contributed by atoms with Gasteiger partial charge < -0.3 is 0 Å². The van der Waals surface area contributed by atoms with Crippen LogP contribution in [0.4, 0.5) is 0 Å². The van der Waals surface area contributed by atoms with Gasteiger partial charge in [0.2, 0.25) is 0 Å². The van der Waals surface area contributed by atoms with Gasteiger partial charge in [0, 0.05) is 0 Å². The van der Waals surface area contributed by atoms with Gasteiger partial charge in [-0.15, -0.1) is 0 Å². The second-order valence-electron chi connectivity index (χ2n) is 2.78. The SMILES string of the molecule is [B]C1([I-]C)CCCCC1. The summed E-state index contributed by atoms with van der Waals surface area (Å²) in [4.78, 5) is 2.31. The maximum absolute atomic E-state index is 6.11. The Hall–Kier alpha value is 0.795. The quantitative estimate of drug-likeness (QED) is 0.296. The van der Waals surface area contributed by atoms with Crippen LogP contribution in [0.5, 0.6) is 0 Å². The van der Waals surface area contributed by atoms with Gasteiger partial charge >= 0.3 is 69.4 Å². The second-order valence-corrected chi connectivity index (χ2v) is 6.01. The molecule has 0 amide bonds. The molecule has 1 aliphatic rings. The molecule has 1 rings (SSSR count). The van der Waals surface area contributed by atoms with Gasteiger partial charge in [0.1, 0.15) is 0 Å². The first-order valence-electron chi connectivity index (χ1n) is 3.56. The monoisotopic (exact) mass is 235 g/mol. The summed E-state index contributed by atoms with van der Waals surface area (Å²) in [7, 11) is 6.11. The van der Waals surface area contributed by atoms with Gasteiger partial charge in [-0.1, -0.05) is 0 Å². The summed E-state index contributed by atoms with van der Waals surface area (Å²) in [6.07, 6.45) is 6.78. The molecule has 2 radical (unpaired) electrons.